The zero-order chi connectivity index (χ0) is 18.0. The smallest absolute Gasteiger partial charge is 0.548 e. The van der Waals surface area contributed by atoms with Gasteiger partial charge in [0.1, 0.15) is 0 Å². The molecule has 1 aliphatic rings. The van der Waals surface area contributed by atoms with Crippen LogP contribution < -0.4 is 61.8 Å². The van der Waals surface area contributed by atoms with E-state index in [1.165, 1.54) is 0 Å². The second kappa shape index (κ2) is 9.25. The van der Waals surface area contributed by atoms with Crippen molar-refractivity contribution in [3.05, 3.63) is 46.8 Å². The van der Waals surface area contributed by atoms with Crippen LogP contribution in [0.15, 0.2) is 24.3 Å². The molecule has 0 bridgehead atoms. The summed E-state index contributed by atoms with van der Waals surface area (Å²) in [5.41, 5.74) is 4.10. The van der Waals surface area contributed by atoms with Crippen LogP contribution in [-0.4, -0.2) is 39.4 Å². The normalized spacial score (nSPS) is 13.6. The van der Waals surface area contributed by atoms with Crippen molar-refractivity contribution < 1.29 is 71.2 Å². The minimum absolute atomic E-state index is 0. The first-order chi connectivity index (χ1) is 12.0. The van der Waals surface area contributed by atoms with Gasteiger partial charge in [-0.25, -0.2) is 4.68 Å². The average molecular weight is 381 g/mol. The van der Waals surface area contributed by atoms with Crippen LogP contribution in [0.4, 0.5) is 0 Å². The minimum atomic E-state index is -1.42. The van der Waals surface area contributed by atoms with Gasteiger partial charge in [-0.3, -0.25) is 4.79 Å². The number of rotatable bonds is 6. The van der Waals surface area contributed by atoms with Crippen LogP contribution in [-0.2, 0) is 17.6 Å². The first-order valence-corrected chi connectivity index (χ1v) is 8.31. The number of hydrogen-bond acceptors (Lipinski definition) is 5. The van der Waals surface area contributed by atoms with Gasteiger partial charge in [-0.05, 0) is 44.7 Å². The predicted molar refractivity (Wildman–Crippen MR) is 88.3 cm³/mol. The van der Waals surface area contributed by atoms with E-state index in [9.17, 15) is 14.7 Å². The number of amides is 1. The number of aliphatic carboxylic acids is 1. The van der Waals surface area contributed by atoms with Gasteiger partial charge in [0.2, 0.25) is 0 Å². The molecule has 1 heterocycles. The summed E-state index contributed by atoms with van der Waals surface area (Å²) >= 11 is 0. The molecule has 0 saturated carbocycles. The molecular formula is C18H20KN3O4. The van der Waals surface area contributed by atoms with Gasteiger partial charge in [0.25, 0.3) is 5.91 Å². The Morgan fingerprint density at radius 2 is 2.00 bits per heavy atom. The van der Waals surface area contributed by atoms with E-state index < -0.39 is 17.9 Å². The van der Waals surface area contributed by atoms with Crippen LogP contribution >= 0.6 is 0 Å². The fourth-order valence-corrected chi connectivity index (χ4v) is 3.12. The summed E-state index contributed by atoms with van der Waals surface area (Å²) < 4.78 is 1.76. The standard InChI is InChI=1S/C18H21N3O4.K/c1-11-5-7-12(8-6-11)21-15-4-2-3-13(15)16(20-21)17(23)19-14(9-10-22)18(24)25;/h5-8,14,22H,2-4,9-10H2,1H3,(H,19,23)(H,24,25);/q;+1/p-1/t14-;/m0./s1. The monoisotopic (exact) mass is 381 g/mol. The number of aryl methyl sites for hydroxylation is 1. The Kier molecular flexibility index (Phi) is 7.57. The third-order valence-electron chi connectivity index (χ3n) is 4.43. The third kappa shape index (κ3) is 4.44. The van der Waals surface area contributed by atoms with E-state index in [0.717, 1.165) is 41.8 Å². The Morgan fingerprint density at radius 1 is 1.31 bits per heavy atom. The Labute approximate surface area is 194 Å². The number of aliphatic hydroxyl groups excluding tert-OH is 1. The SMILES string of the molecule is Cc1ccc(-n2nc(C(=O)N[C@@H](CCO)C(=O)[O-])c3c2CCC3)cc1.[K+]. The van der Waals surface area contributed by atoms with E-state index >= 15 is 0 Å². The molecule has 2 N–H and O–H groups in total. The van der Waals surface area contributed by atoms with Crippen molar-refractivity contribution in [1.29, 1.82) is 0 Å². The van der Waals surface area contributed by atoms with Gasteiger partial charge in [-0.2, -0.15) is 5.10 Å². The second-order valence-electron chi connectivity index (χ2n) is 6.23. The molecule has 1 aliphatic carbocycles. The second-order valence-corrected chi connectivity index (χ2v) is 6.23. The van der Waals surface area contributed by atoms with Crippen LogP contribution in [0.3, 0.4) is 0 Å². The zero-order valence-corrected chi connectivity index (χ0v) is 18.1. The van der Waals surface area contributed by atoms with E-state index in [1.54, 1.807) is 4.68 Å². The molecule has 7 nitrogen and oxygen atoms in total. The van der Waals surface area contributed by atoms with Crippen molar-refractivity contribution in [3.63, 3.8) is 0 Å². The number of carboxylic acid groups (broad SMARTS) is 1. The zero-order valence-electron chi connectivity index (χ0n) is 15.0. The average Bonchev–Trinajstić information content (AvgIpc) is 3.17. The molecule has 0 unspecified atom stereocenters. The van der Waals surface area contributed by atoms with Gasteiger partial charge in [-0.15, -0.1) is 0 Å². The number of nitrogens with one attached hydrogen (secondary N) is 1. The Bertz CT molecular complexity index is 802. The number of carbonyl (C=O) groups excluding carboxylic acids is 2. The van der Waals surface area contributed by atoms with Crippen molar-refractivity contribution in [3.8, 4) is 5.69 Å². The van der Waals surface area contributed by atoms with Gasteiger partial charge in [0, 0.05) is 17.9 Å². The number of carboxylic acids is 1. The van der Waals surface area contributed by atoms with Crippen LogP contribution in [0.1, 0.15) is 40.2 Å². The number of fused-ring (bicyclic) bond motifs is 1. The summed E-state index contributed by atoms with van der Waals surface area (Å²) in [7, 11) is 0. The van der Waals surface area contributed by atoms with Crippen LogP contribution in [0, 0.1) is 6.92 Å². The third-order valence-corrected chi connectivity index (χ3v) is 4.43. The van der Waals surface area contributed by atoms with Gasteiger partial charge in [0.05, 0.1) is 17.7 Å². The van der Waals surface area contributed by atoms with E-state index in [0.29, 0.717) is 0 Å². The summed E-state index contributed by atoms with van der Waals surface area (Å²) in [4.78, 5) is 23.6. The molecule has 132 valence electrons. The maximum atomic E-state index is 12.5. The number of aromatic nitrogens is 2. The number of nitrogens with zero attached hydrogens (tertiary/aromatic N) is 2. The first-order valence-electron chi connectivity index (χ1n) is 8.31. The first kappa shape index (κ1) is 21.3. The molecule has 26 heavy (non-hydrogen) atoms. The molecular weight excluding hydrogens is 361 g/mol. The number of aliphatic hydroxyl groups is 1. The van der Waals surface area contributed by atoms with Crippen LogP contribution in [0.5, 0.6) is 0 Å². The minimum Gasteiger partial charge on any atom is -0.548 e. The number of hydrogen-bond donors (Lipinski definition) is 2. The molecule has 2 aromatic rings. The Morgan fingerprint density at radius 3 is 2.62 bits per heavy atom. The van der Waals surface area contributed by atoms with Gasteiger partial charge >= 0.3 is 51.4 Å². The van der Waals surface area contributed by atoms with Crippen molar-refractivity contribution in [1.82, 2.24) is 15.1 Å². The molecule has 1 amide bonds. The van der Waals surface area contributed by atoms with Crippen molar-refractivity contribution in [2.75, 3.05) is 6.61 Å². The van der Waals surface area contributed by atoms with E-state index in [-0.39, 0.29) is 70.1 Å². The molecule has 8 heteroatoms. The summed E-state index contributed by atoms with van der Waals surface area (Å²) in [6.07, 6.45) is 2.39. The molecule has 3 rings (SSSR count). The predicted octanol–water partition coefficient (Wildman–Crippen LogP) is -3.10. The molecule has 0 saturated heterocycles. The number of benzene rings is 1. The summed E-state index contributed by atoms with van der Waals surface area (Å²) in [5, 5.41) is 26.9. The quantitative estimate of drug-likeness (QED) is 0.516. The van der Waals surface area contributed by atoms with Gasteiger partial charge in [-0.1, -0.05) is 17.7 Å². The molecule has 1 atom stereocenters. The van der Waals surface area contributed by atoms with E-state index in [2.05, 4.69) is 10.4 Å². The largest absolute Gasteiger partial charge is 1.00 e. The topological polar surface area (TPSA) is 107 Å². The summed E-state index contributed by atoms with van der Waals surface area (Å²) in [6.45, 7) is 1.65. The molecule has 0 aliphatic heterocycles. The Balaban J connectivity index is 0.00000243. The van der Waals surface area contributed by atoms with Gasteiger partial charge in [0.15, 0.2) is 5.69 Å². The van der Waals surface area contributed by atoms with Crippen LogP contribution in [0.25, 0.3) is 5.69 Å². The Hall–Kier alpha value is -1.03. The van der Waals surface area contributed by atoms with Crippen molar-refractivity contribution >= 4 is 11.9 Å². The number of carbonyl (C=O) groups is 2. The molecule has 0 radical (unpaired) electrons. The summed E-state index contributed by atoms with van der Waals surface area (Å²) in [6, 6.07) is 6.60. The molecule has 1 aromatic carbocycles. The fourth-order valence-electron chi connectivity index (χ4n) is 3.12. The van der Waals surface area contributed by atoms with Crippen LogP contribution in [0.2, 0.25) is 0 Å². The maximum Gasteiger partial charge on any atom is 1.00 e. The molecule has 1 aromatic heterocycles. The van der Waals surface area contributed by atoms with Gasteiger partial charge < -0.3 is 20.3 Å². The fraction of sp³-hybridized carbons (Fsp3) is 0.389. The molecule has 0 fully saturated rings. The van der Waals surface area contributed by atoms with Crippen molar-refractivity contribution in [2.24, 2.45) is 0 Å². The van der Waals surface area contributed by atoms with E-state index in [4.69, 9.17) is 5.11 Å². The summed E-state index contributed by atoms with van der Waals surface area (Å²) in [5.74, 6) is -1.97. The van der Waals surface area contributed by atoms with E-state index in [1.807, 2.05) is 31.2 Å². The molecule has 0 spiro atoms. The van der Waals surface area contributed by atoms with Crippen molar-refractivity contribution in [2.45, 2.75) is 38.6 Å². The maximum absolute atomic E-state index is 12.5.